The number of amides is 4. The summed E-state index contributed by atoms with van der Waals surface area (Å²) in [5, 5.41) is 23.2. The molecule has 0 spiro atoms. The highest BCUT2D eigenvalue weighted by molar-refractivity contribution is 7.94. The predicted octanol–water partition coefficient (Wildman–Crippen LogP) is 16.9. The number of nitrogens with one attached hydrogen (secondary N) is 8. The van der Waals surface area contributed by atoms with E-state index in [-0.39, 0.29) is 65.5 Å². The van der Waals surface area contributed by atoms with Crippen molar-refractivity contribution < 1.29 is 142 Å². The zero-order chi connectivity index (χ0) is 121. The van der Waals surface area contributed by atoms with Crippen LogP contribution in [0.15, 0.2) is 132 Å². The molecule has 0 radical (unpaired) electrons. The van der Waals surface area contributed by atoms with E-state index < -0.39 is 287 Å². The van der Waals surface area contributed by atoms with Crippen molar-refractivity contribution in [1.82, 2.24) is 20.6 Å². The van der Waals surface area contributed by atoms with E-state index in [0.29, 0.717) is 67.0 Å². The van der Waals surface area contributed by atoms with Crippen molar-refractivity contribution in [2.75, 3.05) is 40.1 Å². The Kier molecular flexibility index (Phi) is 16.2. The number of carbonyl (C=O) groups is 8. The highest BCUT2D eigenvalue weighted by Gasteiger charge is 2.33. The molecule has 0 aliphatic rings. The van der Waals surface area contributed by atoms with E-state index in [9.17, 15) is 72.0 Å². The molecule has 632 valence electrons. The molecule has 0 unspecified atom stereocenters. The molecule has 0 atom stereocenters. The van der Waals surface area contributed by atoms with Crippen molar-refractivity contribution >= 4 is 178 Å². The Balaban J connectivity index is 0.000000235. The smallest absolute Gasteiger partial charge is 0.267 e. The summed E-state index contributed by atoms with van der Waals surface area (Å²) in [7, 11) is -19.2. The second-order valence-electron chi connectivity index (χ2n) is 24.6. The minimum absolute atomic E-state index is 0.00289. The third-order valence-corrected chi connectivity index (χ3v) is 25.4. The average Bonchev–Trinajstić information content (AvgIpc) is 1.29. The summed E-state index contributed by atoms with van der Waals surface area (Å²) in [6.45, 7) is -17.8. The third-order valence-electron chi connectivity index (χ3n) is 15.9. The second kappa shape index (κ2) is 37.2. The number of anilines is 8. The summed E-state index contributed by atoms with van der Waals surface area (Å²) in [4.78, 5) is 98.7. The van der Waals surface area contributed by atoms with Crippen LogP contribution in [-0.2, 0) is 40.1 Å². The van der Waals surface area contributed by atoms with Gasteiger partial charge in [-0.2, -0.15) is 0 Å². The summed E-state index contributed by atoms with van der Waals surface area (Å²) in [6.07, 6.45) is 0. The van der Waals surface area contributed by atoms with Crippen molar-refractivity contribution in [3.63, 3.8) is 0 Å². The maximum absolute atomic E-state index is 13.5. The first-order valence-corrected chi connectivity index (χ1v) is 42.3. The van der Waals surface area contributed by atoms with Gasteiger partial charge in [0.1, 0.15) is 39.1 Å². The Labute approximate surface area is 761 Å². The van der Waals surface area contributed by atoms with Gasteiger partial charge in [-0.3, -0.25) is 38.4 Å². The van der Waals surface area contributed by atoms with Crippen LogP contribution < -0.4 is 40.1 Å². The number of sulfonamides is 4. The summed E-state index contributed by atoms with van der Waals surface area (Å²) in [6, 6.07) is 5.12. The minimum Gasteiger partial charge on any atom is -0.337 e. The number of hydrogen-bond acceptors (Lipinski definition) is 28. The van der Waals surface area contributed by atoms with Gasteiger partial charge >= 0.3 is 0 Å². The molecule has 40 heteroatoms. The molecule has 0 bridgehead atoms. The van der Waals surface area contributed by atoms with Crippen LogP contribution in [0, 0.1) is 110 Å². The molecule has 120 heavy (non-hydrogen) atoms. The molecule has 4 aromatic carbocycles. The molecule has 8 heterocycles. The Hall–Kier alpha value is -11.9. The molecule has 32 nitrogen and oxygen atoms in total. The lowest BCUT2D eigenvalue weighted by molar-refractivity contribution is 0.100. The van der Waals surface area contributed by atoms with E-state index in [1.807, 2.05) is 15.4 Å². The number of ketones is 4. The number of thiophene rings is 4. The summed E-state index contributed by atoms with van der Waals surface area (Å²) >= 11 is 2.41. The van der Waals surface area contributed by atoms with Gasteiger partial charge in [0.25, 0.3) is 63.7 Å². The van der Waals surface area contributed by atoms with Gasteiger partial charge in [-0.15, -0.1) is 45.3 Å². The molecule has 0 saturated carbocycles. The first-order chi connectivity index (χ1) is 71.6. The van der Waals surface area contributed by atoms with Crippen molar-refractivity contribution in [3.05, 3.63) is 226 Å². The van der Waals surface area contributed by atoms with Gasteiger partial charge in [-0.05, 0) is 252 Å². The Morgan fingerprint density at radius 3 is 1.04 bits per heavy atom. The lowest BCUT2D eigenvalue weighted by Crippen LogP contribution is -2.20. The molecule has 0 fully saturated rings. The number of nitrogens with zero attached hydrogens (tertiary/aromatic N) is 4. The van der Waals surface area contributed by atoms with Crippen LogP contribution in [0.3, 0.4) is 0 Å². The van der Waals surface area contributed by atoms with Crippen LogP contribution >= 0.6 is 45.3 Å². The van der Waals surface area contributed by atoms with Crippen LogP contribution in [0.2, 0.25) is 5.65 Å². The van der Waals surface area contributed by atoms with Gasteiger partial charge in [0, 0.05) is 85.6 Å². The number of aromatic nitrogens is 4. The standard InChI is InChI=1S/4C20H21N3O5S2/c4*1-10-8-11(2)17(15(9-10)14(5)24)21-19(25)18-16(6-7-29-18)30(26,27)23-20-12(3)13(4)22-28-20/h4*6-9,23H,1-5H3,(H,21,25)/i1D3,2D3,3D3,4D3,5D3,8D,9D;1D3,2D3,4D3,5D3,8D,9D;3D3;/hD4. The lowest BCUT2D eigenvalue weighted by Gasteiger charge is -2.14. The highest BCUT2D eigenvalue weighted by atomic mass is 32.2. The summed E-state index contributed by atoms with van der Waals surface area (Å²) in [5.74, 6) is -12.4. The molecule has 12 aromatic rings. The molecule has 8 N–H and O–H groups in total. The van der Waals surface area contributed by atoms with E-state index in [0.717, 1.165) is 51.4 Å². The molecular weight excluding hydrogens is 1710 g/mol. The quantitative estimate of drug-likeness (QED) is 0.0260. The fraction of sp³-hybridized carbons (Fsp3) is 0.250. The fourth-order valence-electron chi connectivity index (χ4n) is 10.1. The first-order valence-electron chi connectivity index (χ1n) is 51.7. The van der Waals surface area contributed by atoms with Crippen molar-refractivity contribution in [2.24, 2.45) is 0 Å². The molecule has 12 rings (SSSR count). The second-order valence-corrected chi connectivity index (χ2v) is 34.7. The number of rotatable bonds is 24. The van der Waals surface area contributed by atoms with Crippen LogP contribution in [-0.4, -0.2) is 101 Å². The monoisotopic (exact) mass is 1830 g/mol. The highest BCUT2D eigenvalue weighted by Crippen LogP contribution is 2.36. The lowest BCUT2D eigenvalue weighted by atomic mass is 10.0. The van der Waals surface area contributed by atoms with Crippen molar-refractivity contribution in [3.8, 4) is 0 Å². The Bertz CT molecular complexity index is 8240. The molecule has 0 aliphatic heterocycles. The van der Waals surface area contributed by atoms with Crippen molar-refractivity contribution in [1.29, 1.82) is 0 Å². The number of benzene rings is 4. The van der Waals surface area contributed by atoms with E-state index in [1.54, 1.807) is 64.5 Å². The Morgan fingerprint density at radius 2 is 0.692 bits per heavy atom. The van der Waals surface area contributed by atoms with Crippen LogP contribution in [0.1, 0.15) is 244 Å². The molecule has 0 saturated heterocycles. The molecule has 0 aliphatic carbocycles. The maximum Gasteiger partial charge on any atom is 0.267 e. The molecule has 4 amide bonds. The molecular formula is C80H84N12O20S8. The number of Topliss-reactive ketones (excluding diaryl/α,β-unsaturated/α-hetero) is 4. The third kappa shape index (κ3) is 21.0. The van der Waals surface area contributed by atoms with E-state index in [1.165, 1.54) is 50.6 Å². The minimum atomic E-state index is -5.07. The number of aryl methyl sites for hydroxylation is 8. The van der Waals surface area contributed by atoms with Crippen molar-refractivity contribution in [2.45, 2.75) is 157 Å². The normalized spacial score (nSPS) is 17.1. The largest absolute Gasteiger partial charge is 0.337 e. The van der Waals surface area contributed by atoms with Gasteiger partial charge in [-0.25, -0.2) is 52.5 Å². The maximum atomic E-state index is 13.5. The first kappa shape index (κ1) is 52.2. The van der Waals surface area contributed by atoms with E-state index in [2.05, 4.69) is 25.1 Å². The van der Waals surface area contributed by atoms with Crippen LogP contribution in [0.25, 0.3) is 0 Å². The fourth-order valence-corrected chi connectivity index (χ4v) is 19.3. The van der Waals surface area contributed by atoms with E-state index >= 15 is 0 Å². The average molecular weight is 1830 g/mol. The number of hydrogen-bond donors (Lipinski definition) is 8. The number of carbonyl (C=O) groups excluding carboxylic acids is 8. The zero-order valence-corrected chi connectivity index (χ0v) is 69.5. The summed E-state index contributed by atoms with van der Waals surface area (Å²) < 4.78 is 424. The van der Waals surface area contributed by atoms with Gasteiger partial charge in [-0.1, -0.05) is 44.8 Å². The SMILES string of the molecule is [2H]N(C(=O)c1sccc1S(=O)(=O)N([2H])c1onc(C)c1C([2H])([2H])[2H])c1c(C)cc(C)cc1C(C)=O.[2H]N(C(=O)c1sccc1S(=O)(=O)N([2H])c1onc(C)c1C)c1c(C)cc(C)cc1C(C)=O.[2H]c1c(C(=O)C([2H])([2H])[2H])c(NC(=O)c2sccc2S(=O)(=O)Nc2onc(C([2H])([2H])[2H])c2C([2H])([2H])[2H])c(C([2H])([2H])[2H])c([2H])c1C([2H])([2H])[2H].[2H]c1c(C(=O)C([2H])([2H])[2H])c(NC(=O)c2sccc2S(=O)(=O)Nc2onc(C([2H])([2H])[2H])c2C)c(C([2H])([2H])[2H])c([2H])c1C([2H])([2H])[2H]. The summed E-state index contributed by atoms with van der Waals surface area (Å²) in [5.41, 5.74) is -10.2. The Morgan fingerprint density at radius 1 is 0.358 bits per heavy atom. The van der Waals surface area contributed by atoms with E-state index in [4.69, 9.17) is 65.8 Å². The topological polar surface area (TPSA) is 473 Å². The van der Waals surface area contributed by atoms with Gasteiger partial charge in [0.2, 0.25) is 23.5 Å². The van der Waals surface area contributed by atoms with Gasteiger partial charge < -0.3 is 39.3 Å². The molecule has 8 aromatic heterocycles. The zero-order valence-electron chi connectivity index (χ0n) is 101. The van der Waals surface area contributed by atoms with Crippen LogP contribution in [0.4, 0.5) is 46.3 Å². The predicted molar refractivity (Wildman–Crippen MR) is 460 cm³/mol. The van der Waals surface area contributed by atoms with Gasteiger partial charge in [0.15, 0.2) is 28.8 Å². The van der Waals surface area contributed by atoms with Gasteiger partial charge in [0.05, 0.1) is 51.0 Å². The van der Waals surface area contributed by atoms with Crippen LogP contribution in [0.5, 0.6) is 0 Å².